The Morgan fingerprint density at radius 3 is 2.21 bits per heavy atom. The van der Waals surface area contributed by atoms with Crippen molar-refractivity contribution in [3.63, 3.8) is 0 Å². The molecule has 0 aliphatic carbocycles. The maximum absolute atomic E-state index is 12.6. The first kappa shape index (κ1) is 23.3. The highest BCUT2D eigenvalue weighted by Crippen LogP contribution is 2.17. The Labute approximate surface area is 173 Å². The molecule has 8 nitrogen and oxygen atoms in total. The van der Waals surface area contributed by atoms with Gasteiger partial charge in [-0.3, -0.25) is 9.59 Å². The number of carbonyl (C=O) groups is 2. The van der Waals surface area contributed by atoms with Crippen LogP contribution < -0.4 is 5.32 Å². The normalized spacial score (nSPS) is 15.5. The van der Waals surface area contributed by atoms with Crippen molar-refractivity contribution in [1.82, 2.24) is 19.4 Å². The predicted molar refractivity (Wildman–Crippen MR) is 112 cm³/mol. The first-order valence-electron chi connectivity index (χ1n) is 10.2. The van der Waals surface area contributed by atoms with E-state index in [1.54, 1.807) is 35.2 Å². The number of likely N-dealkylation sites (N-methyl/N-ethyl adjacent to an activating group) is 1. The van der Waals surface area contributed by atoms with Gasteiger partial charge in [-0.2, -0.15) is 4.31 Å². The minimum absolute atomic E-state index is 0.111. The molecule has 0 atom stereocenters. The van der Waals surface area contributed by atoms with E-state index in [2.05, 4.69) is 24.1 Å². The van der Waals surface area contributed by atoms with Crippen molar-refractivity contribution in [1.29, 1.82) is 0 Å². The zero-order valence-electron chi connectivity index (χ0n) is 17.3. The van der Waals surface area contributed by atoms with Gasteiger partial charge in [-0.25, -0.2) is 8.42 Å². The zero-order valence-corrected chi connectivity index (χ0v) is 18.2. The molecule has 0 aromatic heterocycles. The number of piperazine rings is 1. The van der Waals surface area contributed by atoms with Crippen LogP contribution in [0, 0.1) is 0 Å². The summed E-state index contributed by atoms with van der Waals surface area (Å²) in [5.74, 6) is -0.239. The summed E-state index contributed by atoms with van der Waals surface area (Å²) in [6, 6.07) is 8.31. The minimum atomic E-state index is -3.53. The van der Waals surface area contributed by atoms with E-state index in [0.717, 1.165) is 19.6 Å². The summed E-state index contributed by atoms with van der Waals surface area (Å²) in [5.41, 5.74) is 0. The van der Waals surface area contributed by atoms with Crippen LogP contribution in [-0.2, 0) is 19.6 Å². The van der Waals surface area contributed by atoms with Crippen LogP contribution in [0.5, 0.6) is 0 Å². The van der Waals surface area contributed by atoms with Crippen LogP contribution in [0.3, 0.4) is 0 Å². The van der Waals surface area contributed by atoms with Gasteiger partial charge < -0.3 is 15.1 Å². The van der Waals surface area contributed by atoms with E-state index < -0.39 is 10.0 Å². The van der Waals surface area contributed by atoms with Gasteiger partial charge >= 0.3 is 0 Å². The fourth-order valence-electron chi connectivity index (χ4n) is 3.28. The van der Waals surface area contributed by atoms with Crippen molar-refractivity contribution >= 4 is 21.8 Å². The number of carbonyl (C=O) groups excluding carboxylic acids is 2. The summed E-state index contributed by atoms with van der Waals surface area (Å²) in [5, 5.41) is 2.85. The molecule has 1 fully saturated rings. The Kier molecular flexibility index (Phi) is 9.06. The van der Waals surface area contributed by atoms with E-state index in [1.165, 1.54) is 4.31 Å². The van der Waals surface area contributed by atoms with Gasteiger partial charge in [-0.15, -0.1) is 0 Å². The summed E-state index contributed by atoms with van der Waals surface area (Å²) < 4.78 is 26.7. The van der Waals surface area contributed by atoms with Gasteiger partial charge in [0.1, 0.15) is 0 Å². The van der Waals surface area contributed by atoms with Crippen LogP contribution >= 0.6 is 0 Å². The molecule has 1 heterocycles. The number of rotatable bonds is 10. The second-order valence-corrected chi connectivity index (χ2v) is 8.91. The maximum atomic E-state index is 12.6. The molecule has 1 aliphatic rings. The van der Waals surface area contributed by atoms with Gasteiger partial charge in [-0.05, 0) is 25.2 Å². The third-order valence-electron chi connectivity index (χ3n) is 5.18. The molecule has 2 amide bonds. The topological polar surface area (TPSA) is 90.0 Å². The second-order valence-electron chi connectivity index (χ2n) is 6.97. The van der Waals surface area contributed by atoms with E-state index in [9.17, 15) is 18.0 Å². The SMILES string of the molecule is CCN(CC)CCNC(=O)CCC(=O)N1CCN(S(=O)(=O)c2ccccc2)CC1. The Balaban J connectivity index is 1.72. The molecule has 1 saturated heterocycles. The third kappa shape index (κ3) is 6.80. The molecular formula is C20H32N4O4S. The van der Waals surface area contributed by atoms with Gasteiger partial charge in [0, 0.05) is 52.1 Å². The second kappa shape index (κ2) is 11.3. The smallest absolute Gasteiger partial charge is 0.243 e. The molecule has 0 saturated carbocycles. The minimum Gasteiger partial charge on any atom is -0.355 e. The maximum Gasteiger partial charge on any atom is 0.243 e. The average Bonchev–Trinajstić information content (AvgIpc) is 2.75. The van der Waals surface area contributed by atoms with E-state index in [1.807, 2.05) is 0 Å². The fraction of sp³-hybridized carbons (Fsp3) is 0.600. The molecule has 0 bridgehead atoms. The lowest BCUT2D eigenvalue weighted by atomic mass is 10.2. The van der Waals surface area contributed by atoms with E-state index in [0.29, 0.717) is 19.6 Å². The Morgan fingerprint density at radius 1 is 1.00 bits per heavy atom. The number of hydrogen-bond acceptors (Lipinski definition) is 5. The monoisotopic (exact) mass is 424 g/mol. The van der Waals surface area contributed by atoms with E-state index >= 15 is 0 Å². The number of sulfonamides is 1. The van der Waals surface area contributed by atoms with Crippen molar-refractivity contribution in [2.45, 2.75) is 31.6 Å². The van der Waals surface area contributed by atoms with Gasteiger partial charge in [0.15, 0.2) is 0 Å². The van der Waals surface area contributed by atoms with Gasteiger partial charge in [0.2, 0.25) is 21.8 Å². The largest absolute Gasteiger partial charge is 0.355 e. The van der Waals surface area contributed by atoms with Gasteiger partial charge in [0.25, 0.3) is 0 Å². The molecule has 9 heteroatoms. The van der Waals surface area contributed by atoms with Crippen molar-refractivity contribution in [2.75, 3.05) is 52.4 Å². The first-order chi connectivity index (χ1) is 13.9. The van der Waals surface area contributed by atoms with Crippen LogP contribution in [0.25, 0.3) is 0 Å². The summed E-state index contributed by atoms with van der Waals surface area (Å²) in [6.45, 7) is 8.62. The number of amides is 2. The molecule has 1 aliphatic heterocycles. The molecule has 162 valence electrons. The molecule has 0 spiro atoms. The third-order valence-corrected chi connectivity index (χ3v) is 7.10. The van der Waals surface area contributed by atoms with Gasteiger partial charge in [-0.1, -0.05) is 32.0 Å². The quantitative estimate of drug-likeness (QED) is 0.599. The Hall–Kier alpha value is -1.97. The summed E-state index contributed by atoms with van der Waals surface area (Å²) in [6.07, 6.45) is 0.294. The molecular weight excluding hydrogens is 392 g/mol. The van der Waals surface area contributed by atoms with E-state index in [-0.39, 0.29) is 42.6 Å². The lowest BCUT2D eigenvalue weighted by Crippen LogP contribution is -2.50. The summed E-state index contributed by atoms with van der Waals surface area (Å²) >= 11 is 0. The highest BCUT2D eigenvalue weighted by Gasteiger charge is 2.29. The number of nitrogens with one attached hydrogen (secondary N) is 1. The van der Waals surface area contributed by atoms with Crippen molar-refractivity contribution in [3.8, 4) is 0 Å². The lowest BCUT2D eigenvalue weighted by molar-refractivity contribution is -0.134. The molecule has 1 aromatic rings. The van der Waals surface area contributed by atoms with Crippen LogP contribution in [0.15, 0.2) is 35.2 Å². The standard InChI is InChI=1S/C20H32N4O4S/c1-3-22(4-2)13-12-21-19(25)10-11-20(26)23-14-16-24(17-15-23)29(27,28)18-8-6-5-7-9-18/h5-9H,3-4,10-17H2,1-2H3,(H,21,25). The van der Waals surface area contributed by atoms with Crippen LogP contribution in [0.2, 0.25) is 0 Å². The number of benzene rings is 1. The molecule has 2 rings (SSSR count). The fourth-order valence-corrected chi connectivity index (χ4v) is 4.72. The van der Waals surface area contributed by atoms with Gasteiger partial charge in [0.05, 0.1) is 4.90 Å². The Morgan fingerprint density at radius 2 is 1.62 bits per heavy atom. The van der Waals surface area contributed by atoms with Crippen molar-refractivity contribution in [2.24, 2.45) is 0 Å². The summed E-state index contributed by atoms with van der Waals surface area (Å²) in [4.78, 5) is 28.4. The van der Waals surface area contributed by atoms with Crippen LogP contribution in [0.1, 0.15) is 26.7 Å². The molecule has 29 heavy (non-hydrogen) atoms. The zero-order chi connectivity index (χ0) is 21.3. The molecule has 0 radical (unpaired) electrons. The number of nitrogens with zero attached hydrogens (tertiary/aromatic N) is 3. The first-order valence-corrected chi connectivity index (χ1v) is 11.6. The highest BCUT2D eigenvalue weighted by molar-refractivity contribution is 7.89. The predicted octanol–water partition coefficient (Wildman–Crippen LogP) is 0.758. The van der Waals surface area contributed by atoms with Crippen molar-refractivity contribution in [3.05, 3.63) is 30.3 Å². The number of hydrogen-bond donors (Lipinski definition) is 1. The average molecular weight is 425 g/mol. The van der Waals surface area contributed by atoms with Crippen molar-refractivity contribution < 1.29 is 18.0 Å². The highest BCUT2D eigenvalue weighted by atomic mass is 32.2. The van der Waals surface area contributed by atoms with Crippen LogP contribution in [0.4, 0.5) is 0 Å². The Bertz CT molecular complexity index is 758. The molecule has 1 N–H and O–H groups in total. The lowest BCUT2D eigenvalue weighted by Gasteiger charge is -2.34. The molecule has 1 aromatic carbocycles. The summed E-state index contributed by atoms with van der Waals surface area (Å²) in [7, 11) is -3.53. The van der Waals surface area contributed by atoms with Crippen LogP contribution in [-0.4, -0.2) is 86.7 Å². The van der Waals surface area contributed by atoms with E-state index in [4.69, 9.17) is 0 Å². The molecule has 0 unspecified atom stereocenters.